The van der Waals surface area contributed by atoms with Crippen LogP contribution in [0.25, 0.3) is 0 Å². The van der Waals surface area contributed by atoms with Crippen LogP contribution < -0.4 is 0 Å². The maximum Gasteiger partial charge on any atom is 0.276 e. The predicted octanol–water partition coefficient (Wildman–Crippen LogP) is -0.421. The molecule has 0 unspecified atom stereocenters. The second kappa shape index (κ2) is 5.57. The number of carbonyl (C=O) groups excluding carboxylic acids is 1. The lowest BCUT2D eigenvalue weighted by Crippen LogP contribution is -2.30. The van der Waals surface area contributed by atoms with Crippen LogP contribution in [0, 0.1) is 12.8 Å². The first-order valence-corrected chi connectivity index (χ1v) is 6.74. The molecule has 1 aliphatic rings. The fraction of sp³-hybridized carbons (Fsp3) is 0.462. The van der Waals surface area contributed by atoms with Crippen LogP contribution in [-0.2, 0) is 6.42 Å². The summed E-state index contributed by atoms with van der Waals surface area (Å²) in [6, 6.07) is 0. The van der Waals surface area contributed by atoms with E-state index >= 15 is 0 Å². The molecule has 3 rings (SSSR count). The van der Waals surface area contributed by atoms with E-state index in [1.807, 2.05) is 0 Å². The normalized spacial score (nSPS) is 21.7. The average Bonchev–Trinajstić information content (AvgIpc) is 3.06. The van der Waals surface area contributed by atoms with Crippen LogP contribution in [0.2, 0.25) is 0 Å². The van der Waals surface area contributed by atoms with Crippen LogP contribution in [0.5, 0.6) is 0 Å². The number of β-amino-alcohol motifs (C(OH)–C–C–N with tert-alkyl or cyclic N) is 1. The Labute approximate surface area is 121 Å². The van der Waals surface area contributed by atoms with Gasteiger partial charge in [-0.3, -0.25) is 14.8 Å². The zero-order valence-corrected chi connectivity index (χ0v) is 11.6. The molecule has 1 amide bonds. The molecule has 2 aromatic rings. The molecule has 2 atom stereocenters. The molecular formula is C13H16N6O2. The maximum atomic E-state index is 12.3. The van der Waals surface area contributed by atoms with E-state index in [-0.39, 0.29) is 11.8 Å². The van der Waals surface area contributed by atoms with E-state index in [0.717, 1.165) is 5.69 Å². The molecule has 0 saturated carbocycles. The van der Waals surface area contributed by atoms with Gasteiger partial charge in [0.05, 0.1) is 17.5 Å². The summed E-state index contributed by atoms with van der Waals surface area (Å²) >= 11 is 0. The van der Waals surface area contributed by atoms with Crippen molar-refractivity contribution in [2.45, 2.75) is 19.4 Å². The van der Waals surface area contributed by atoms with Crippen molar-refractivity contribution < 1.29 is 9.90 Å². The Balaban J connectivity index is 1.69. The van der Waals surface area contributed by atoms with Crippen LogP contribution in [0.1, 0.15) is 21.9 Å². The van der Waals surface area contributed by atoms with E-state index < -0.39 is 6.10 Å². The number of hydrogen-bond donors (Lipinski definition) is 2. The Kier molecular flexibility index (Phi) is 3.61. The van der Waals surface area contributed by atoms with Gasteiger partial charge in [-0.25, -0.2) is 0 Å². The van der Waals surface area contributed by atoms with E-state index in [2.05, 4.69) is 25.4 Å². The molecule has 1 aliphatic heterocycles. The molecule has 0 aliphatic carbocycles. The lowest BCUT2D eigenvalue weighted by Gasteiger charge is -2.14. The Hall–Kier alpha value is -2.35. The summed E-state index contributed by atoms with van der Waals surface area (Å²) in [6.45, 7) is 2.50. The SMILES string of the molecule is Cc1n[nH]nc1C(=O)N1C[C@@H](Cc2cnccn2)[C@H](O)C1. The van der Waals surface area contributed by atoms with Crippen LogP contribution in [0.3, 0.4) is 0 Å². The van der Waals surface area contributed by atoms with E-state index in [9.17, 15) is 9.90 Å². The van der Waals surface area contributed by atoms with Gasteiger partial charge in [-0.15, -0.1) is 0 Å². The van der Waals surface area contributed by atoms with Gasteiger partial charge in [0, 0.05) is 37.6 Å². The summed E-state index contributed by atoms with van der Waals surface area (Å²) in [6.07, 6.45) is 4.94. The molecule has 0 aromatic carbocycles. The number of amides is 1. The smallest absolute Gasteiger partial charge is 0.276 e. The van der Waals surface area contributed by atoms with Gasteiger partial charge in [-0.05, 0) is 13.3 Å². The van der Waals surface area contributed by atoms with Crippen LogP contribution in [0.4, 0.5) is 0 Å². The second-order valence-electron chi connectivity index (χ2n) is 5.20. The van der Waals surface area contributed by atoms with Crippen molar-refractivity contribution in [3.63, 3.8) is 0 Å². The summed E-state index contributed by atoms with van der Waals surface area (Å²) in [7, 11) is 0. The minimum atomic E-state index is -0.567. The van der Waals surface area contributed by atoms with Gasteiger partial charge in [0.25, 0.3) is 5.91 Å². The van der Waals surface area contributed by atoms with Crippen LogP contribution in [-0.4, -0.2) is 60.5 Å². The summed E-state index contributed by atoms with van der Waals surface area (Å²) in [5.74, 6) is -0.250. The van der Waals surface area contributed by atoms with E-state index in [1.165, 1.54) is 0 Å². The standard InChI is InChI=1S/C13H16N6O2/c1-8-12(17-18-16-8)13(21)19-6-9(11(20)7-19)4-10-5-14-2-3-15-10/h2-3,5,9,11,20H,4,6-7H2,1H3,(H,16,17,18)/t9-,11-/m1/s1. The number of nitrogens with zero attached hydrogens (tertiary/aromatic N) is 5. The van der Waals surface area contributed by atoms with Crippen molar-refractivity contribution in [3.05, 3.63) is 35.7 Å². The molecule has 1 saturated heterocycles. The number of rotatable bonds is 3. The monoisotopic (exact) mass is 288 g/mol. The number of aryl methyl sites for hydroxylation is 1. The van der Waals surface area contributed by atoms with E-state index in [0.29, 0.717) is 30.9 Å². The van der Waals surface area contributed by atoms with Gasteiger partial charge in [-0.1, -0.05) is 0 Å². The summed E-state index contributed by atoms with van der Waals surface area (Å²) in [4.78, 5) is 22.2. The highest BCUT2D eigenvalue weighted by atomic mass is 16.3. The number of carbonyl (C=O) groups is 1. The molecule has 8 nitrogen and oxygen atoms in total. The van der Waals surface area contributed by atoms with Crippen molar-refractivity contribution >= 4 is 5.91 Å². The summed E-state index contributed by atoms with van der Waals surface area (Å²) in [5, 5.41) is 20.3. The first-order chi connectivity index (χ1) is 10.1. The predicted molar refractivity (Wildman–Crippen MR) is 72.3 cm³/mol. The Morgan fingerprint density at radius 3 is 2.95 bits per heavy atom. The highest BCUT2D eigenvalue weighted by molar-refractivity contribution is 5.93. The fourth-order valence-electron chi connectivity index (χ4n) is 2.56. The first-order valence-electron chi connectivity index (χ1n) is 6.74. The van der Waals surface area contributed by atoms with Gasteiger partial charge >= 0.3 is 0 Å². The second-order valence-corrected chi connectivity index (χ2v) is 5.20. The van der Waals surface area contributed by atoms with Gasteiger partial charge in [0.1, 0.15) is 0 Å². The highest BCUT2D eigenvalue weighted by Crippen LogP contribution is 2.22. The largest absolute Gasteiger partial charge is 0.391 e. The number of H-pyrrole nitrogens is 1. The van der Waals surface area contributed by atoms with Gasteiger partial charge in [0.2, 0.25) is 0 Å². The van der Waals surface area contributed by atoms with Gasteiger partial charge in [-0.2, -0.15) is 15.4 Å². The van der Waals surface area contributed by atoms with Gasteiger partial charge < -0.3 is 10.0 Å². The van der Waals surface area contributed by atoms with Crippen molar-refractivity contribution in [2.24, 2.45) is 5.92 Å². The molecule has 1 fully saturated rings. The maximum absolute atomic E-state index is 12.3. The number of aromatic nitrogens is 5. The zero-order chi connectivity index (χ0) is 14.8. The van der Waals surface area contributed by atoms with E-state index in [4.69, 9.17) is 0 Å². The number of hydrogen-bond acceptors (Lipinski definition) is 6. The highest BCUT2D eigenvalue weighted by Gasteiger charge is 2.35. The lowest BCUT2D eigenvalue weighted by molar-refractivity contribution is 0.0758. The van der Waals surface area contributed by atoms with Crippen LogP contribution in [0.15, 0.2) is 18.6 Å². The quantitative estimate of drug-likeness (QED) is 0.794. The minimum Gasteiger partial charge on any atom is -0.391 e. The van der Waals surface area contributed by atoms with Crippen molar-refractivity contribution in [1.82, 2.24) is 30.3 Å². The fourth-order valence-corrected chi connectivity index (χ4v) is 2.56. The van der Waals surface area contributed by atoms with Crippen molar-refractivity contribution in [3.8, 4) is 0 Å². The molecule has 0 spiro atoms. The Morgan fingerprint density at radius 1 is 1.43 bits per heavy atom. The molecule has 0 bridgehead atoms. The molecule has 3 heterocycles. The van der Waals surface area contributed by atoms with Crippen molar-refractivity contribution in [2.75, 3.05) is 13.1 Å². The third kappa shape index (κ3) is 2.75. The number of aliphatic hydroxyl groups excluding tert-OH is 1. The molecule has 8 heteroatoms. The molecular weight excluding hydrogens is 272 g/mol. The van der Waals surface area contributed by atoms with E-state index in [1.54, 1.807) is 30.4 Å². The van der Waals surface area contributed by atoms with Crippen molar-refractivity contribution in [1.29, 1.82) is 0 Å². The molecule has 0 radical (unpaired) electrons. The molecule has 110 valence electrons. The first kappa shape index (κ1) is 13.6. The topological polar surface area (TPSA) is 108 Å². The minimum absolute atomic E-state index is 0.0437. The molecule has 2 aromatic heterocycles. The number of nitrogens with one attached hydrogen (secondary N) is 1. The third-order valence-corrected chi connectivity index (χ3v) is 3.71. The van der Waals surface area contributed by atoms with Gasteiger partial charge in [0.15, 0.2) is 5.69 Å². The molecule has 21 heavy (non-hydrogen) atoms. The summed E-state index contributed by atoms with van der Waals surface area (Å²) < 4.78 is 0. The zero-order valence-electron chi connectivity index (χ0n) is 11.6. The molecule has 2 N–H and O–H groups in total. The summed E-state index contributed by atoms with van der Waals surface area (Å²) in [5.41, 5.74) is 1.68. The number of likely N-dealkylation sites (tertiary alicyclic amines) is 1. The lowest BCUT2D eigenvalue weighted by atomic mass is 10.0. The van der Waals surface area contributed by atoms with Crippen LogP contribution >= 0.6 is 0 Å². The average molecular weight is 288 g/mol. The number of aliphatic hydroxyl groups is 1. The Bertz CT molecular complexity index is 629. The number of aromatic amines is 1. The third-order valence-electron chi connectivity index (χ3n) is 3.71. The Morgan fingerprint density at radius 2 is 2.29 bits per heavy atom.